The highest BCUT2D eigenvalue weighted by Gasteiger charge is 2.18. The van der Waals surface area contributed by atoms with E-state index >= 15 is 0 Å². The van der Waals surface area contributed by atoms with Crippen LogP contribution < -0.4 is 10.2 Å². The van der Waals surface area contributed by atoms with E-state index in [1.54, 1.807) is 25.1 Å². The zero-order chi connectivity index (χ0) is 23.3. The number of carbonyl (C=O) groups is 2. The minimum atomic E-state index is -0.981. The second-order valence-corrected chi connectivity index (χ2v) is 7.79. The van der Waals surface area contributed by atoms with E-state index in [-0.39, 0.29) is 12.5 Å². The Morgan fingerprint density at radius 1 is 1.12 bits per heavy atom. The summed E-state index contributed by atoms with van der Waals surface area (Å²) >= 11 is 0. The fourth-order valence-electron chi connectivity index (χ4n) is 3.38. The number of pyridine rings is 1. The molecule has 2 aromatic rings. The van der Waals surface area contributed by atoms with Crippen LogP contribution in [0, 0.1) is 0 Å². The number of hydrogen-bond donors (Lipinski definition) is 2. The van der Waals surface area contributed by atoms with Gasteiger partial charge in [-0.25, -0.2) is 9.59 Å². The third-order valence-electron chi connectivity index (χ3n) is 5.28. The average molecular weight is 442 g/mol. The van der Waals surface area contributed by atoms with Crippen molar-refractivity contribution in [3.63, 3.8) is 0 Å². The van der Waals surface area contributed by atoms with Gasteiger partial charge in [-0.3, -0.25) is 9.88 Å². The summed E-state index contributed by atoms with van der Waals surface area (Å²) in [6.07, 6.45) is 6.83. The van der Waals surface area contributed by atoms with Gasteiger partial charge in [0.15, 0.2) is 6.10 Å². The number of urea groups is 1. The Kier molecular flexibility index (Phi) is 10.7. The van der Waals surface area contributed by atoms with Gasteiger partial charge >= 0.3 is 12.0 Å². The molecule has 0 saturated heterocycles. The van der Waals surface area contributed by atoms with Gasteiger partial charge in [0, 0.05) is 44.1 Å². The predicted octanol–water partition coefficient (Wildman–Crippen LogP) is 4.90. The normalized spacial score (nSPS) is 11.7. The molecular weight excluding hydrogens is 406 g/mol. The van der Waals surface area contributed by atoms with Gasteiger partial charge in [-0.15, -0.1) is 0 Å². The van der Waals surface area contributed by atoms with E-state index in [0.717, 1.165) is 35.3 Å². The summed E-state index contributed by atoms with van der Waals surface area (Å²) in [4.78, 5) is 29.8. The van der Waals surface area contributed by atoms with Crippen LogP contribution in [0.3, 0.4) is 0 Å². The number of aliphatic carboxylic acids is 1. The molecule has 0 aliphatic carbocycles. The number of carboxylic acid groups (broad SMARTS) is 1. The van der Waals surface area contributed by atoms with Gasteiger partial charge in [0.25, 0.3) is 0 Å². The number of carbonyl (C=O) groups excluding carboxylic acids is 1. The van der Waals surface area contributed by atoms with Crippen LogP contribution >= 0.6 is 0 Å². The molecule has 2 rings (SSSR count). The average Bonchev–Trinajstić information content (AvgIpc) is 2.81. The molecular formula is C25H35N3O4. The quantitative estimate of drug-likeness (QED) is 0.432. The van der Waals surface area contributed by atoms with E-state index in [1.807, 2.05) is 36.4 Å². The molecule has 2 amide bonds. The van der Waals surface area contributed by atoms with Crippen molar-refractivity contribution in [2.75, 3.05) is 25.1 Å². The van der Waals surface area contributed by atoms with E-state index in [4.69, 9.17) is 4.74 Å². The van der Waals surface area contributed by atoms with Gasteiger partial charge in [-0.1, -0.05) is 50.8 Å². The van der Waals surface area contributed by atoms with Crippen LogP contribution in [-0.2, 0) is 16.0 Å². The first-order valence-electron chi connectivity index (χ1n) is 11.4. The number of aromatic nitrogens is 1. The Labute approximate surface area is 190 Å². The highest BCUT2D eigenvalue weighted by atomic mass is 16.5. The third-order valence-corrected chi connectivity index (χ3v) is 5.28. The Balaban J connectivity index is 1.98. The molecule has 0 fully saturated rings. The van der Waals surface area contributed by atoms with Crippen molar-refractivity contribution in [3.05, 3.63) is 48.2 Å². The molecule has 1 unspecified atom stereocenters. The standard InChI is InChI=1S/C25H35N3O4/c1-4-6-7-8-9-15-26-25(31)28(3)21-12-10-11-20(17-21)22-14-13-19(18-27-22)16-23(24(29)30)32-5-2/h10-14,17-18,23H,4-9,15-16H2,1-3H3,(H,26,31)(H,29,30). The highest BCUT2D eigenvalue weighted by molar-refractivity contribution is 5.92. The van der Waals surface area contributed by atoms with E-state index in [0.29, 0.717) is 13.2 Å². The lowest BCUT2D eigenvalue weighted by Crippen LogP contribution is -2.37. The van der Waals surface area contributed by atoms with Crippen molar-refractivity contribution >= 4 is 17.7 Å². The van der Waals surface area contributed by atoms with Crippen molar-refractivity contribution in [2.45, 2.75) is 58.5 Å². The van der Waals surface area contributed by atoms with Crippen LogP contribution in [0.2, 0.25) is 0 Å². The Morgan fingerprint density at radius 2 is 1.91 bits per heavy atom. The highest BCUT2D eigenvalue weighted by Crippen LogP contribution is 2.23. The number of amides is 2. The Bertz CT molecular complexity index is 855. The van der Waals surface area contributed by atoms with Crippen LogP contribution in [-0.4, -0.2) is 48.4 Å². The molecule has 0 spiro atoms. The number of ether oxygens (including phenoxy) is 1. The van der Waals surface area contributed by atoms with Gasteiger partial charge in [0.2, 0.25) is 0 Å². The predicted molar refractivity (Wildman–Crippen MR) is 127 cm³/mol. The fourth-order valence-corrected chi connectivity index (χ4v) is 3.38. The van der Waals surface area contributed by atoms with E-state index in [9.17, 15) is 14.7 Å². The van der Waals surface area contributed by atoms with Crippen LogP contribution in [0.4, 0.5) is 10.5 Å². The van der Waals surface area contributed by atoms with Crippen molar-refractivity contribution in [2.24, 2.45) is 0 Å². The summed E-state index contributed by atoms with van der Waals surface area (Å²) < 4.78 is 5.27. The second-order valence-electron chi connectivity index (χ2n) is 7.79. The number of carboxylic acids is 1. The zero-order valence-electron chi connectivity index (χ0n) is 19.3. The molecule has 0 bridgehead atoms. The molecule has 0 saturated carbocycles. The molecule has 7 heteroatoms. The lowest BCUT2D eigenvalue weighted by Gasteiger charge is -2.19. The maximum atomic E-state index is 12.5. The van der Waals surface area contributed by atoms with Crippen molar-refractivity contribution < 1.29 is 19.4 Å². The van der Waals surface area contributed by atoms with Gasteiger partial charge < -0.3 is 15.2 Å². The van der Waals surface area contributed by atoms with Gasteiger partial charge in [-0.05, 0) is 37.1 Å². The van der Waals surface area contributed by atoms with E-state index < -0.39 is 12.1 Å². The molecule has 1 aromatic heterocycles. The van der Waals surface area contributed by atoms with E-state index in [2.05, 4.69) is 17.2 Å². The van der Waals surface area contributed by atoms with Crippen LogP contribution in [0.15, 0.2) is 42.6 Å². The number of nitrogens with zero attached hydrogens (tertiary/aromatic N) is 2. The van der Waals surface area contributed by atoms with Crippen LogP contribution in [0.5, 0.6) is 0 Å². The zero-order valence-corrected chi connectivity index (χ0v) is 19.3. The molecule has 0 aliphatic heterocycles. The molecule has 32 heavy (non-hydrogen) atoms. The maximum absolute atomic E-state index is 12.5. The number of nitrogens with one attached hydrogen (secondary N) is 1. The summed E-state index contributed by atoms with van der Waals surface area (Å²) in [5.41, 5.74) is 3.21. The second kappa shape index (κ2) is 13.5. The Hall–Kier alpha value is -2.93. The summed E-state index contributed by atoms with van der Waals surface area (Å²) in [7, 11) is 1.75. The summed E-state index contributed by atoms with van der Waals surface area (Å²) in [6, 6.07) is 11.2. The molecule has 174 valence electrons. The first-order valence-corrected chi connectivity index (χ1v) is 11.4. The fraction of sp³-hybridized carbons (Fsp3) is 0.480. The lowest BCUT2D eigenvalue weighted by atomic mass is 10.1. The number of unbranched alkanes of at least 4 members (excludes halogenated alkanes) is 4. The molecule has 1 heterocycles. The third kappa shape index (κ3) is 7.96. The van der Waals surface area contributed by atoms with Crippen molar-refractivity contribution in [3.8, 4) is 11.3 Å². The first-order chi connectivity index (χ1) is 15.5. The lowest BCUT2D eigenvalue weighted by molar-refractivity contribution is -0.149. The number of rotatable bonds is 13. The number of benzene rings is 1. The molecule has 1 atom stereocenters. The minimum absolute atomic E-state index is 0.128. The monoisotopic (exact) mass is 441 g/mol. The summed E-state index contributed by atoms with van der Waals surface area (Å²) in [5.74, 6) is -0.981. The largest absolute Gasteiger partial charge is 0.479 e. The topological polar surface area (TPSA) is 91.8 Å². The SMILES string of the molecule is CCCCCCCNC(=O)N(C)c1cccc(-c2ccc(CC(OCC)C(=O)O)cn2)c1. The minimum Gasteiger partial charge on any atom is -0.479 e. The molecule has 1 aromatic carbocycles. The first kappa shape index (κ1) is 25.3. The molecule has 0 radical (unpaired) electrons. The Morgan fingerprint density at radius 3 is 2.56 bits per heavy atom. The van der Waals surface area contributed by atoms with E-state index in [1.165, 1.54) is 19.3 Å². The van der Waals surface area contributed by atoms with Crippen LogP contribution in [0.1, 0.15) is 51.5 Å². The molecule has 0 aliphatic rings. The smallest absolute Gasteiger partial charge is 0.333 e. The van der Waals surface area contributed by atoms with Crippen LogP contribution in [0.25, 0.3) is 11.3 Å². The summed E-state index contributed by atoms with van der Waals surface area (Å²) in [6.45, 7) is 4.98. The van der Waals surface area contributed by atoms with Crippen molar-refractivity contribution in [1.29, 1.82) is 0 Å². The van der Waals surface area contributed by atoms with Gasteiger partial charge in [-0.2, -0.15) is 0 Å². The van der Waals surface area contributed by atoms with Gasteiger partial charge in [0.05, 0.1) is 5.69 Å². The summed E-state index contributed by atoms with van der Waals surface area (Å²) in [5, 5.41) is 12.2. The van der Waals surface area contributed by atoms with Crippen molar-refractivity contribution in [1.82, 2.24) is 10.3 Å². The molecule has 7 nitrogen and oxygen atoms in total. The molecule has 2 N–H and O–H groups in total. The number of hydrogen-bond acceptors (Lipinski definition) is 4. The number of anilines is 1. The maximum Gasteiger partial charge on any atom is 0.333 e. The van der Waals surface area contributed by atoms with Gasteiger partial charge in [0.1, 0.15) is 0 Å².